The van der Waals surface area contributed by atoms with Crippen LogP contribution in [0.25, 0.3) is 10.9 Å². The highest BCUT2D eigenvalue weighted by atomic mass is 16.2. The van der Waals surface area contributed by atoms with E-state index in [0.29, 0.717) is 24.4 Å². The number of likely N-dealkylation sites (tertiary alicyclic amines) is 1. The number of fused-ring (bicyclic) bond motifs is 1. The lowest BCUT2D eigenvalue weighted by Gasteiger charge is -2.40. The molecule has 1 aromatic carbocycles. The molecule has 2 saturated heterocycles. The molecule has 0 radical (unpaired) electrons. The van der Waals surface area contributed by atoms with E-state index in [4.69, 9.17) is 0 Å². The molecule has 0 N–H and O–H groups in total. The average Bonchev–Trinajstić information content (AvgIpc) is 2.79. The number of aliphatic imine (C=N–C) groups is 1. The lowest BCUT2D eigenvalue weighted by atomic mass is 9.83. The summed E-state index contributed by atoms with van der Waals surface area (Å²) < 4.78 is 0. The third-order valence-corrected chi connectivity index (χ3v) is 7.03. The quantitative estimate of drug-likeness (QED) is 0.677. The van der Waals surface area contributed by atoms with Gasteiger partial charge in [-0.2, -0.15) is 0 Å². The molecule has 6 heteroatoms. The third-order valence-electron chi connectivity index (χ3n) is 7.03. The zero-order valence-corrected chi connectivity index (χ0v) is 20.0. The Kier molecular flexibility index (Phi) is 7.21. The molecule has 3 heterocycles. The van der Waals surface area contributed by atoms with Crippen LogP contribution in [-0.2, 0) is 4.79 Å². The Morgan fingerprint density at radius 3 is 2.69 bits per heavy atom. The van der Waals surface area contributed by atoms with Crippen molar-refractivity contribution in [1.82, 2.24) is 19.7 Å². The van der Waals surface area contributed by atoms with Crippen LogP contribution in [-0.4, -0.2) is 90.7 Å². The van der Waals surface area contributed by atoms with Crippen LogP contribution in [0.3, 0.4) is 0 Å². The summed E-state index contributed by atoms with van der Waals surface area (Å²) >= 11 is 0. The SMILES string of the molecule is C/N=C/c1ccc([C@@H]2C[C@@H](C)CN(CC(=O)N3CCN(C(C)C)CC3)C2)c2cccnc12. The van der Waals surface area contributed by atoms with Crippen LogP contribution in [0.1, 0.15) is 44.2 Å². The molecular weight excluding hydrogens is 398 g/mol. The minimum atomic E-state index is 0.280. The fourth-order valence-electron chi connectivity index (χ4n) is 5.41. The third kappa shape index (κ3) is 5.02. The van der Waals surface area contributed by atoms with E-state index in [9.17, 15) is 4.79 Å². The minimum Gasteiger partial charge on any atom is -0.339 e. The predicted molar refractivity (Wildman–Crippen MR) is 132 cm³/mol. The fraction of sp³-hybridized carbons (Fsp3) is 0.577. The van der Waals surface area contributed by atoms with Crippen LogP contribution >= 0.6 is 0 Å². The number of carbonyl (C=O) groups excluding carboxylic acids is 1. The number of nitrogens with zero attached hydrogens (tertiary/aromatic N) is 5. The van der Waals surface area contributed by atoms with Crippen LogP contribution in [0, 0.1) is 5.92 Å². The molecule has 0 aliphatic carbocycles. The molecule has 2 atom stereocenters. The van der Waals surface area contributed by atoms with Gasteiger partial charge in [-0.05, 0) is 43.7 Å². The van der Waals surface area contributed by atoms with Crippen molar-refractivity contribution in [2.45, 2.75) is 39.2 Å². The molecule has 4 rings (SSSR count). The Morgan fingerprint density at radius 1 is 1.19 bits per heavy atom. The number of aromatic nitrogens is 1. The second kappa shape index (κ2) is 10.1. The fourth-order valence-corrected chi connectivity index (χ4v) is 5.41. The molecule has 2 aliphatic heterocycles. The van der Waals surface area contributed by atoms with Crippen LogP contribution in [0.2, 0.25) is 0 Å². The Morgan fingerprint density at radius 2 is 1.97 bits per heavy atom. The Labute approximate surface area is 192 Å². The summed E-state index contributed by atoms with van der Waals surface area (Å²) in [5.74, 6) is 1.24. The van der Waals surface area contributed by atoms with E-state index < -0.39 is 0 Å². The molecule has 6 nitrogen and oxygen atoms in total. The zero-order chi connectivity index (χ0) is 22.7. The molecule has 2 aliphatic rings. The van der Waals surface area contributed by atoms with Crippen molar-refractivity contribution in [3.05, 3.63) is 41.6 Å². The number of hydrogen-bond donors (Lipinski definition) is 0. The molecule has 32 heavy (non-hydrogen) atoms. The summed E-state index contributed by atoms with van der Waals surface area (Å²) in [5.41, 5.74) is 3.42. The van der Waals surface area contributed by atoms with Gasteiger partial charge in [-0.25, -0.2) is 0 Å². The van der Waals surface area contributed by atoms with Gasteiger partial charge in [0.1, 0.15) is 0 Å². The van der Waals surface area contributed by atoms with Gasteiger partial charge in [-0.15, -0.1) is 0 Å². The predicted octanol–water partition coefficient (Wildman–Crippen LogP) is 3.26. The van der Waals surface area contributed by atoms with Crippen LogP contribution < -0.4 is 0 Å². The zero-order valence-electron chi connectivity index (χ0n) is 20.0. The summed E-state index contributed by atoms with van der Waals surface area (Å²) in [5, 5.41) is 1.21. The number of piperazine rings is 1. The number of amides is 1. The summed E-state index contributed by atoms with van der Waals surface area (Å²) in [6.45, 7) is 12.9. The lowest BCUT2D eigenvalue weighted by Crippen LogP contribution is -2.53. The Hall–Kier alpha value is -2.31. The smallest absolute Gasteiger partial charge is 0.236 e. The number of pyridine rings is 1. The molecule has 2 fully saturated rings. The number of benzene rings is 1. The van der Waals surface area contributed by atoms with Gasteiger partial charge >= 0.3 is 0 Å². The highest BCUT2D eigenvalue weighted by Gasteiger charge is 2.30. The van der Waals surface area contributed by atoms with Gasteiger partial charge in [-0.1, -0.05) is 25.1 Å². The molecular formula is C26H37N5O. The van der Waals surface area contributed by atoms with Crippen LogP contribution in [0.15, 0.2) is 35.5 Å². The summed E-state index contributed by atoms with van der Waals surface area (Å²) in [7, 11) is 1.79. The van der Waals surface area contributed by atoms with Gasteiger partial charge in [0, 0.05) is 75.7 Å². The standard InChI is InChI=1S/C26H37N5O/c1-19(2)30-10-12-31(13-11-30)25(32)18-29-16-20(3)14-22(17-29)23-8-7-21(15-27-4)26-24(23)6-5-9-28-26/h5-9,15,19-20,22H,10-14,16-18H2,1-4H3/b27-15+/t20-,22-/m1/s1. The lowest BCUT2D eigenvalue weighted by molar-refractivity contribution is -0.134. The second-order valence-corrected chi connectivity index (χ2v) is 9.77. The molecule has 2 aromatic rings. The summed E-state index contributed by atoms with van der Waals surface area (Å²) in [6.07, 6.45) is 4.88. The van der Waals surface area contributed by atoms with E-state index in [2.05, 4.69) is 63.6 Å². The van der Waals surface area contributed by atoms with Gasteiger partial charge in [0.2, 0.25) is 5.91 Å². The maximum absolute atomic E-state index is 13.1. The summed E-state index contributed by atoms with van der Waals surface area (Å²) in [4.78, 5) is 28.8. The van der Waals surface area contributed by atoms with Gasteiger partial charge in [0.25, 0.3) is 0 Å². The van der Waals surface area contributed by atoms with Crippen molar-refractivity contribution in [3.63, 3.8) is 0 Å². The largest absolute Gasteiger partial charge is 0.339 e. The van der Waals surface area contributed by atoms with Gasteiger partial charge in [-0.3, -0.25) is 24.6 Å². The van der Waals surface area contributed by atoms with Crippen LogP contribution in [0.4, 0.5) is 0 Å². The first-order valence-electron chi connectivity index (χ1n) is 12.0. The first kappa shape index (κ1) is 22.9. The van der Waals surface area contributed by atoms with Gasteiger partial charge in [0.05, 0.1) is 12.1 Å². The molecule has 0 unspecified atom stereocenters. The van der Waals surface area contributed by atoms with E-state index in [1.54, 1.807) is 7.05 Å². The van der Waals surface area contributed by atoms with Gasteiger partial charge < -0.3 is 4.90 Å². The van der Waals surface area contributed by atoms with Crippen molar-refractivity contribution in [1.29, 1.82) is 0 Å². The average molecular weight is 436 g/mol. The van der Waals surface area contributed by atoms with Crippen molar-refractivity contribution < 1.29 is 4.79 Å². The highest BCUT2D eigenvalue weighted by Crippen LogP contribution is 2.34. The molecule has 0 bridgehead atoms. The monoisotopic (exact) mass is 435 g/mol. The number of carbonyl (C=O) groups is 1. The molecule has 0 saturated carbocycles. The van der Waals surface area contributed by atoms with E-state index >= 15 is 0 Å². The van der Waals surface area contributed by atoms with E-state index in [-0.39, 0.29) is 5.91 Å². The van der Waals surface area contributed by atoms with Crippen molar-refractivity contribution in [3.8, 4) is 0 Å². The van der Waals surface area contributed by atoms with Crippen molar-refractivity contribution in [2.24, 2.45) is 10.9 Å². The molecule has 0 spiro atoms. The number of rotatable bonds is 5. The number of piperidine rings is 1. The van der Waals surface area contributed by atoms with Gasteiger partial charge in [0.15, 0.2) is 0 Å². The van der Waals surface area contributed by atoms with E-state index in [0.717, 1.165) is 56.8 Å². The Balaban J connectivity index is 1.47. The first-order valence-corrected chi connectivity index (χ1v) is 12.0. The van der Waals surface area contributed by atoms with Crippen molar-refractivity contribution >= 4 is 23.0 Å². The van der Waals surface area contributed by atoms with E-state index in [1.165, 1.54) is 10.9 Å². The number of hydrogen-bond acceptors (Lipinski definition) is 5. The second-order valence-electron chi connectivity index (χ2n) is 9.77. The maximum atomic E-state index is 13.1. The molecule has 172 valence electrons. The Bertz CT molecular complexity index is 964. The summed E-state index contributed by atoms with van der Waals surface area (Å²) in [6, 6.07) is 9.13. The van der Waals surface area contributed by atoms with Crippen LogP contribution in [0.5, 0.6) is 0 Å². The maximum Gasteiger partial charge on any atom is 0.236 e. The minimum absolute atomic E-state index is 0.280. The first-order chi connectivity index (χ1) is 15.5. The highest BCUT2D eigenvalue weighted by molar-refractivity contribution is 5.99. The molecule has 1 amide bonds. The van der Waals surface area contributed by atoms with E-state index in [1.807, 2.05) is 18.5 Å². The molecule has 1 aromatic heterocycles. The van der Waals surface area contributed by atoms with Crippen molar-refractivity contribution in [2.75, 3.05) is 52.9 Å². The topological polar surface area (TPSA) is 52.0 Å². The normalized spacial score (nSPS) is 23.5.